The van der Waals surface area contributed by atoms with Gasteiger partial charge in [-0.3, -0.25) is 9.59 Å². The van der Waals surface area contributed by atoms with Crippen LogP contribution in [0.1, 0.15) is 18.4 Å². The van der Waals surface area contributed by atoms with Gasteiger partial charge in [-0.15, -0.1) is 0 Å². The fourth-order valence-corrected chi connectivity index (χ4v) is 1.98. The SMILES string of the molecule is O=C(O)CCCN1C(=O)COc2ccc(CO)cc21. The largest absolute Gasteiger partial charge is 0.482 e. The monoisotopic (exact) mass is 265 g/mol. The summed E-state index contributed by atoms with van der Waals surface area (Å²) in [7, 11) is 0. The van der Waals surface area contributed by atoms with Gasteiger partial charge in [0, 0.05) is 13.0 Å². The molecule has 1 aromatic carbocycles. The second-order valence-electron chi connectivity index (χ2n) is 4.29. The number of aliphatic hydroxyl groups is 1. The Kier molecular flexibility index (Phi) is 4.01. The lowest BCUT2D eigenvalue weighted by molar-refractivity contribution is -0.137. The molecule has 1 aliphatic heterocycles. The van der Waals surface area contributed by atoms with E-state index >= 15 is 0 Å². The minimum atomic E-state index is -0.884. The normalized spacial score (nSPS) is 13.9. The fourth-order valence-electron chi connectivity index (χ4n) is 1.98. The number of aliphatic hydroxyl groups excluding tert-OH is 1. The van der Waals surface area contributed by atoms with E-state index in [4.69, 9.17) is 14.9 Å². The van der Waals surface area contributed by atoms with E-state index in [2.05, 4.69) is 0 Å². The first-order valence-electron chi connectivity index (χ1n) is 6.00. The molecule has 6 nitrogen and oxygen atoms in total. The molecule has 0 unspecified atom stereocenters. The van der Waals surface area contributed by atoms with Crippen molar-refractivity contribution in [3.8, 4) is 5.75 Å². The molecule has 0 saturated carbocycles. The Hall–Kier alpha value is -2.08. The molecule has 0 radical (unpaired) electrons. The number of fused-ring (bicyclic) bond motifs is 1. The van der Waals surface area contributed by atoms with Crippen LogP contribution in [0.5, 0.6) is 5.75 Å². The number of aliphatic carboxylic acids is 1. The summed E-state index contributed by atoms with van der Waals surface area (Å²) in [6.45, 7) is 0.166. The van der Waals surface area contributed by atoms with E-state index in [1.54, 1.807) is 18.2 Å². The van der Waals surface area contributed by atoms with Gasteiger partial charge in [-0.1, -0.05) is 6.07 Å². The molecule has 1 aliphatic rings. The number of carboxylic acids is 1. The topological polar surface area (TPSA) is 87.1 Å². The molecule has 2 N–H and O–H groups in total. The van der Waals surface area contributed by atoms with Gasteiger partial charge in [-0.25, -0.2) is 0 Å². The van der Waals surface area contributed by atoms with Crippen LogP contribution in [0.3, 0.4) is 0 Å². The van der Waals surface area contributed by atoms with Gasteiger partial charge in [-0.05, 0) is 24.1 Å². The Morgan fingerprint density at radius 3 is 2.89 bits per heavy atom. The molecule has 0 aliphatic carbocycles. The third-order valence-corrected chi connectivity index (χ3v) is 2.92. The highest BCUT2D eigenvalue weighted by Gasteiger charge is 2.25. The summed E-state index contributed by atoms with van der Waals surface area (Å²) in [6, 6.07) is 5.12. The minimum absolute atomic E-state index is 0.0136. The zero-order valence-corrected chi connectivity index (χ0v) is 10.3. The van der Waals surface area contributed by atoms with E-state index in [9.17, 15) is 9.59 Å². The highest BCUT2D eigenvalue weighted by atomic mass is 16.5. The van der Waals surface area contributed by atoms with Crippen molar-refractivity contribution >= 4 is 17.6 Å². The first kappa shape index (κ1) is 13.4. The number of carbonyl (C=O) groups is 2. The predicted molar refractivity (Wildman–Crippen MR) is 67.1 cm³/mol. The zero-order valence-electron chi connectivity index (χ0n) is 10.3. The van der Waals surface area contributed by atoms with E-state index in [1.165, 1.54) is 4.90 Å². The number of hydrogen-bond acceptors (Lipinski definition) is 4. The Morgan fingerprint density at radius 2 is 2.21 bits per heavy atom. The molecular weight excluding hydrogens is 250 g/mol. The molecule has 19 heavy (non-hydrogen) atoms. The molecule has 1 heterocycles. The maximum atomic E-state index is 11.8. The number of hydrogen-bond donors (Lipinski definition) is 2. The maximum absolute atomic E-state index is 11.8. The van der Waals surface area contributed by atoms with Gasteiger partial charge in [0.25, 0.3) is 5.91 Å². The summed E-state index contributed by atoms with van der Waals surface area (Å²) in [5.41, 5.74) is 1.27. The summed E-state index contributed by atoms with van der Waals surface area (Å²) >= 11 is 0. The molecule has 6 heteroatoms. The first-order valence-corrected chi connectivity index (χ1v) is 6.00. The molecule has 0 atom stereocenters. The molecule has 0 aromatic heterocycles. The van der Waals surface area contributed by atoms with Crippen molar-refractivity contribution in [3.63, 3.8) is 0 Å². The van der Waals surface area contributed by atoms with Gasteiger partial charge in [0.1, 0.15) is 5.75 Å². The number of carboxylic acid groups (broad SMARTS) is 1. The third-order valence-electron chi connectivity index (χ3n) is 2.92. The number of benzene rings is 1. The molecule has 1 amide bonds. The molecule has 2 rings (SSSR count). The van der Waals surface area contributed by atoms with Gasteiger partial charge in [0.15, 0.2) is 6.61 Å². The summed E-state index contributed by atoms with van der Waals surface area (Å²) in [4.78, 5) is 23.8. The quantitative estimate of drug-likeness (QED) is 0.821. The van der Waals surface area contributed by atoms with Crippen molar-refractivity contribution in [2.24, 2.45) is 0 Å². The van der Waals surface area contributed by atoms with Gasteiger partial charge in [0.2, 0.25) is 0 Å². The Bertz CT molecular complexity index is 500. The number of carbonyl (C=O) groups excluding carboxylic acids is 1. The average Bonchev–Trinajstić information content (AvgIpc) is 2.40. The summed E-state index contributed by atoms with van der Waals surface area (Å²) in [5, 5.41) is 17.7. The summed E-state index contributed by atoms with van der Waals surface area (Å²) in [6.07, 6.45) is 0.392. The third kappa shape index (κ3) is 3.03. The van der Waals surface area contributed by atoms with Crippen LogP contribution in [0.15, 0.2) is 18.2 Å². The summed E-state index contributed by atoms with van der Waals surface area (Å²) in [5.74, 6) is -0.509. The molecule has 0 bridgehead atoms. The standard InChI is InChI=1S/C13H15NO5/c15-7-9-3-4-11-10(6-9)14(12(16)8-19-11)5-1-2-13(17)18/h3-4,6,15H,1-2,5,7-8H2,(H,17,18). The van der Waals surface area contributed by atoms with E-state index in [0.29, 0.717) is 30.0 Å². The second-order valence-corrected chi connectivity index (χ2v) is 4.29. The van der Waals surface area contributed by atoms with Crippen molar-refractivity contribution in [1.82, 2.24) is 0 Å². The lowest BCUT2D eigenvalue weighted by Gasteiger charge is -2.29. The highest BCUT2D eigenvalue weighted by Crippen LogP contribution is 2.33. The highest BCUT2D eigenvalue weighted by molar-refractivity contribution is 5.97. The minimum Gasteiger partial charge on any atom is -0.482 e. The molecule has 0 fully saturated rings. The predicted octanol–water partition coefficient (Wildman–Crippen LogP) is 0.769. The maximum Gasteiger partial charge on any atom is 0.303 e. The van der Waals surface area contributed by atoms with Gasteiger partial charge >= 0.3 is 5.97 Å². The van der Waals surface area contributed by atoms with E-state index < -0.39 is 5.97 Å². The Balaban J connectivity index is 2.18. The van der Waals surface area contributed by atoms with Crippen LogP contribution < -0.4 is 9.64 Å². The Labute approximate surface area is 110 Å². The van der Waals surface area contributed by atoms with Crippen LogP contribution in [0.4, 0.5) is 5.69 Å². The molecular formula is C13H15NO5. The van der Waals surface area contributed by atoms with E-state index in [0.717, 1.165) is 0 Å². The van der Waals surface area contributed by atoms with E-state index in [1.807, 2.05) is 0 Å². The molecule has 0 spiro atoms. The molecule has 102 valence electrons. The van der Waals surface area contributed by atoms with E-state index in [-0.39, 0.29) is 25.5 Å². The number of nitrogens with zero attached hydrogens (tertiary/aromatic N) is 1. The zero-order chi connectivity index (χ0) is 13.8. The lowest BCUT2D eigenvalue weighted by Crippen LogP contribution is -2.39. The van der Waals surface area contributed by atoms with Crippen molar-refractivity contribution in [3.05, 3.63) is 23.8 Å². The van der Waals surface area contributed by atoms with Crippen LogP contribution in [0, 0.1) is 0 Å². The van der Waals surface area contributed by atoms with Gasteiger partial charge in [-0.2, -0.15) is 0 Å². The Morgan fingerprint density at radius 1 is 1.42 bits per heavy atom. The number of ether oxygens (including phenoxy) is 1. The van der Waals surface area contributed by atoms with Crippen LogP contribution in [-0.2, 0) is 16.2 Å². The molecule has 0 saturated heterocycles. The van der Waals surface area contributed by atoms with Crippen LogP contribution in [-0.4, -0.2) is 35.2 Å². The molecule has 1 aromatic rings. The van der Waals surface area contributed by atoms with Gasteiger partial charge < -0.3 is 19.8 Å². The first-order chi connectivity index (χ1) is 9.11. The van der Waals surface area contributed by atoms with Crippen LogP contribution in [0.2, 0.25) is 0 Å². The number of anilines is 1. The number of amides is 1. The second kappa shape index (κ2) is 5.71. The van der Waals surface area contributed by atoms with Crippen LogP contribution in [0.25, 0.3) is 0 Å². The van der Waals surface area contributed by atoms with Crippen molar-refractivity contribution < 1.29 is 24.5 Å². The van der Waals surface area contributed by atoms with Crippen LogP contribution >= 0.6 is 0 Å². The van der Waals surface area contributed by atoms with Crippen molar-refractivity contribution in [2.75, 3.05) is 18.1 Å². The number of rotatable bonds is 5. The van der Waals surface area contributed by atoms with Crippen molar-refractivity contribution in [2.45, 2.75) is 19.4 Å². The van der Waals surface area contributed by atoms with Gasteiger partial charge in [0.05, 0.1) is 12.3 Å². The fraction of sp³-hybridized carbons (Fsp3) is 0.385. The summed E-state index contributed by atoms with van der Waals surface area (Å²) < 4.78 is 5.30. The average molecular weight is 265 g/mol. The lowest BCUT2D eigenvalue weighted by atomic mass is 10.1. The van der Waals surface area contributed by atoms with Crippen molar-refractivity contribution in [1.29, 1.82) is 0 Å². The smallest absolute Gasteiger partial charge is 0.303 e.